The largest absolute Gasteiger partial charge is 0.497 e. The minimum Gasteiger partial charge on any atom is -0.497 e. The van der Waals surface area contributed by atoms with Crippen LogP contribution >= 0.6 is 0 Å². The second-order valence-electron chi connectivity index (χ2n) is 7.51. The first-order valence-electron chi connectivity index (χ1n) is 10.7. The van der Waals surface area contributed by atoms with Crippen LogP contribution in [0.4, 0.5) is 9.18 Å². The molecule has 0 aliphatic carbocycles. The zero-order valence-electron chi connectivity index (χ0n) is 18.5. The van der Waals surface area contributed by atoms with Crippen molar-refractivity contribution in [2.45, 2.75) is 6.92 Å². The van der Waals surface area contributed by atoms with Crippen LogP contribution in [0.1, 0.15) is 17.4 Å². The number of ether oxygens (including phenoxy) is 2. The fourth-order valence-electron chi connectivity index (χ4n) is 3.70. The number of hydrogen-bond donors (Lipinski definition) is 0. The molecule has 0 atom stereocenters. The van der Waals surface area contributed by atoms with Crippen molar-refractivity contribution in [1.82, 2.24) is 19.6 Å². The highest BCUT2D eigenvalue weighted by Crippen LogP contribution is 2.26. The normalized spacial score (nSPS) is 13.7. The number of rotatable bonds is 5. The molecule has 1 aliphatic rings. The number of benzene rings is 2. The van der Waals surface area contributed by atoms with Crippen LogP contribution in [-0.4, -0.2) is 71.5 Å². The maximum absolute atomic E-state index is 13.5. The summed E-state index contributed by atoms with van der Waals surface area (Å²) in [6.07, 6.45) is -0.374. The molecule has 2 heterocycles. The highest BCUT2D eigenvalue weighted by molar-refractivity contribution is 5.94. The van der Waals surface area contributed by atoms with E-state index in [9.17, 15) is 14.0 Å². The first-order valence-corrected chi connectivity index (χ1v) is 10.7. The smallest absolute Gasteiger partial charge is 0.409 e. The Bertz CT molecular complexity index is 1140. The Morgan fingerprint density at radius 2 is 1.70 bits per heavy atom. The molecule has 1 fully saturated rings. The lowest BCUT2D eigenvalue weighted by atomic mass is 10.1. The van der Waals surface area contributed by atoms with Crippen LogP contribution in [0.2, 0.25) is 0 Å². The molecule has 0 unspecified atom stereocenters. The topological polar surface area (TPSA) is 76.9 Å². The molecule has 2 amide bonds. The summed E-state index contributed by atoms with van der Waals surface area (Å²) in [6.45, 7) is 3.59. The predicted octanol–water partition coefficient (Wildman–Crippen LogP) is 3.60. The molecule has 2 aromatic carbocycles. The molecule has 9 heteroatoms. The van der Waals surface area contributed by atoms with Gasteiger partial charge in [-0.1, -0.05) is 12.1 Å². The number of methoxy groups -OCH3 is 1. The molecular formula is C24H25FN4O4. The molecule has 0 radical (unpaired) electrons. The number of carbonyl (C=O) groups excluding carboxylic acids is 2. The van der Waals surface area contributed by atoms with Crippen molar-refractivity contribution < 1.29 is 23.5 Å². The number of aromatic nitrogens is 2. The fraction of sp³-hybridized carbons (Fsp3) is 0.292. The van der Waals surface area contributed by atoms with Crippen molar-refractivity contribution in [3.8, 4) is 22.7 Å². The molecule has 1 saturated heterocycles. The summed E-state index contributed by atoms with van der Waals surface area (Å²) in [5.74, 6) is 0.0816. The summed E-state index contributed by atoms with van der Waals surface area (Å²) in [5, 5.41) is 4.65. The van der Waals surface area contributed by atoms with E-state index in [-0.39, 0.29) is 17.8 Å². The van der Waals surface area contributed by atoms with E-state index in [1.165, 1.54) is 16.8 Å². The molecular weight excluding hydrogens is 427 g/mol. The summed E-state index contributed by atoms with van der Waals surface area (Å²) in [7, 11) is 1.58. The maximum atomic E-state index is 13.5. The molecule has 0 N–H and O–H groups in total. The third-order valence-corrected chi connectivity index (χ3v) is 5.46. The van der Waals surface area contributed by atoms with Crippen molar-refractivity contribution in [2.75, 3.05) is 39.9 Å². The van der Waals surface area contributed by atoms with Crippen molar-refractivity contribution in [3.63, 3.8) is 0 Å². The second-order valence-corrected chi connectivity index (χ2v) is 7.51. The van der Waals surface area contributed by atoms with Crippen molar-refractivity contribution in [1.29, 1.82) is 0 Å². The third-order valence-electron chi connectivity index (χ3n) is 5.46. The highest BCUT2D eigenvalue weighted by Gasteiger charge is 2.28. The Hall–Kier alpha value is -3.88. The van der Waals surface area contributed by atoms with E-state index < -0.39 is 0 Å². The predicted molar refractivity (Wildman–Crippen MR) is 120 cm³/mol. The minimum atomic E-state index is -0.374. The second kappa shape index (κ2) is 9.72. The van der Waals surface area contributed by atoms with Gasteiger partial charge in [-0.05, 0) is 49.4 Å². The fourth-order valence-corrected chi connectivity index (χ4v) is 3.70. The van der Waals surface area contributed by atoms with E-state index in [4.69, 9.17) is 9.47 Å². The maximum Gasteiger partial charge on any atom is 0.409 e. The van der Waals surface area contributed by atoms with Gasteiger partial charge in [-0.15, -0.1) is 0 Å². The summed E-state index contributed by atoms with van der Waals surface area (Å²) in [4.78, 5) is 28.7. The summed E-state index contributed by atoms with van der Waals surface area (Å²) < 4.78 is 25.4. The van der Waals surface area contributed by atoms with E-state index >= 15 is 0 Å². The van der Waals surface area contributed by atoms with Gasteiger partial charge in [-0.25, -0.2) is 13.9 Å². The monoisotopic (exact) mass is 452 g/mol. The molecule has 1 aliphatic heterocycles. The molecule has 0 spiro atoms. The van der Waals surface area contributed by atoms with Gasteiger partial charge in [-0.3, -0.25) is 4.79 Å². The summed E-state index contributed by atoms with van der Waals surface area (Å²) >= 11 is 0. The minimum absolute atomic E-state index is 0.218. The van der Waals surface area contributed by atoms with Crippen LogP contribution in [0.15, 0.2) is 54.6 Å². The molecule has 33 heavy (non-hydrogen) atoms. The van der Waals surface area contributed by atoms with Gasteiger partial charge < -0.3 is 19.3 Å². The lowest BCUT2D eigenvalue weighted by Crippen LogP contribution is -2.51. The van der Waals surface area contributed by atoms with Crippen LogP contribution < -0.4 is 4.74 Å². The third kappa shape index (κ3) is 4.82. The first-order chi connectivity index (χ1) is 16.0. The highest BCUT2D eigenvalue weighted by atomic mass is 19.1. The lowest BCUT2D eigenvalue weighted by Gasteiger charge is -2.34. The first kappa shape index (κ1) is 22.3. The van der Waals surface area contributed by atoms with Crippen LogP contribution in [0.25, 0.3) is 16.9 Å². The number of carbonyl (C=O) groups is 2. The van der Waals surface area contributed by atoms with Gasteiger partial charge in [0.25, 0.3) is 5.91 Å². The summed E-state index contributed by atoms with van der Waals surface area (Å²) in [6, 6.07) is 14.9. The van der Waals surface area contributed by atoms with Crippen LogP contribution in [0.3, 0.4) is 0 Å². The molecule has 0 bridgehead atoms. The van der Waals surface area contributed by atoms with Crippen molar-refractivity contribution in [3.05, 3.63) is 66.1 Å². The Labute approximate surface area is 191 Å². The van der Waals surface area contributed by atoms with Gasteiger partial charge in [0.2, 0.25) is 0 Å². The van der Waals surface area contributed by atoms with E-state index in [1.54, 1.807) is 42.0 Å². The molecule has 1 aromatic heterocycles. The van der Waals surface area contributed by atoms with E-state index in [1.807, 2.05) is 24.3 Å². The molecule has 4 rings (SSSR count). The SMILES string of the molecule is CCOC(=O)N1CCN(C(=O)c2cc(-c3cccc(OC)c3)nn2-c2ccc(F)cc2)CC1. The van der Waals surface area contributed by atoms with Gasteiger partial charge in [0.1, 0.15) is 17.3 Å². The zero-order chi connectivity index (χ0) is 23.4. The zero-order valence-corrected chi connectivity index (χ0v) is 18.5. The van der Waals surface area contributed by atoms with Gasteiger partial charge >= 0.3 is 6.09 Å². The van der Waals surface area contributed by atoms with Gasteiger partial charge in [0.05, 0.1) is 25.1 Å². The Morgan fingerprint density at radius 1 is 1.00 bits per heavy atom. The number of amides is 2. The number of nitrogens with zero attached hydrogens (tertiary/aromatic N) is 4. The average Bonchev–Trinajstić information content (AvgIpc) is 3.30. The van der Waals surface area contributed by atoms with Gasteiger partial charge in [0, 0.05) is 31.7 Å². The van der Waals surface area contributed by atoms with Crippen LogP contribution in [-0.2, 0) is 4.74 Å². The average molecular weight is 452 g/mol. The number of piperazine rings is 1. The molecule has 8 nitrogen and oxygen atoms in total. The van der Waals surface area contributed by atoms with E-state index in [2.05, 4.69) is 5.10 Å². The Balaban J connectivity index is 1.64. The van der Waals surface area contributed by atoms with E-state index in [0.29, 0.717) is 55.6 Å². The molecule has 3 aromatic rings. The standard InChI is InChI=1S/C24H25FN4O4/c1-3-33-24(31)28-13-11-27(12-14-28)23(30)22-16-21(17-5-4-6-20(15-17)32-2)26-29(22)19-9-7-18(25)8-10-19/h4-10,15-16H,3,11-14H2,1-2H3. The van der Waals surface area contributed by atoms with Gasteiger partial charge in [-0.2, -0.15) is 5.10 Å². The molecule has 0 saturated carbocycles. The molecule has 172 valence electrons. The number of hydrogen-bond acceptors (Lipinski definition) is 5. The Kier molecular flexibility index (Phi) is 6.58. The lowest BCUT2D eigenvalue weighted by molar-refractivity contribution is 0.0563. The van der Waals surface area contributed by atoms with Crippen molar-refractivity contribution in [2.24, 2.45) is 0 Å². The van der Waals surface area contributed by atoms with Crippen LogP contribution in [0.5, 0.6) is 5.75 Å². The summed E-state index contributed by atoms with van der Waals surface area (Å²) in [5.41, 5.74) is 2.30. The van der Waals surface area contributed by atoms with Gasteiger partial charge in [0.15, 0.2) is 0 Å². The Morgan fingerprint density at radius 3 is 2.36 bits per heavy atom. The quantitative estimate of drug-likeness (QED) is 0.591. The van der Waals surface area contributed by atoms with Crippen LogP contribution in [0, 0.1) is 5.82 Å². The number of halogens is 1. The van der Waals surface area contributed by atoms with Crippen molar-refractivity contribution >= 4 is 12.0 Å². The van der Waals surface area contributed by atoms with E-state index in [0.717, 1.165) is 5.56 Å².